The van der Waals surface area contributed by atoms with E-state index in [0.717, 1.165) is 4.47 Å². The molecule has 1 heterocycles. The molecule has 0 bridgehead atoms. The number of anilines is 1. The van der Waals surface area contributed by atoms with E-state index in [1.165, 1.54) is 29.2 Å². The van der Waals surface area contributed by atoms with Crippen molar-refractivity contribution in [2.75, 3.05) is 4.90 Å². The predicted octanol–water partition coefficient (Wildman–Crippen LogP) is 5.21. The van der Waals surface area contributed by atoms with Gasteiger partial charge in [-0.2, -0.15) is 0 Å². The molecule has 0 aromatic heterocycles. The van der Waals surface area contributed by atoms with E-state index in [1.807, 2.05) is 0 Å². The van der Waals surface area contributed by atoms with Crippen molar-refractivity contribution in [1.29, 1.82) is 0 Å². The van der Waals surface area contributed by atoms with Gasteiger partial charge in [-0.15, -0.1) is 0 Å². The molecule has 29 heavy (non-hydrogen) atoms. The average Bonchev–Trinajstić information content (AvgIpc) is 3.00. The Bertz CT molecular complexity index is 1110. The number of aliphatic hydroxyl groups excluding tert-OH is 1. The molecular formula is C23H15BrFNO3. The quantitative estimate of drug-likeness (QED) is 0.337. The van der Waals surface area contributed by atoms with Gasteiger partial charge < -0.3 is 5.11 Å². The number of hydrogen-bond donors (Lipinski definition) is 1. The summed E-state index contributed by atoms with van der Waals surface area (Å²) in [7, 11) is 0. The fourth-order valence-corrected chi connectivity index (χ4v) is 3.68. The molecule has 4 nitrogen and oxygen atoms in total. The Kier molecular flexibility index (Phi) is 5.03. The van der Waals surface area contributed by atoms with Crippen molar-refractivity contribution >= 4 is 39.1 Å². The lowest BCUT2D eigenvalue weighted by atomic mass is 9.95. The first-order valence-corrected chi connectivity index (χ1v) is 9.64. The van der Waals surface area contributed by atoms with E-state index < -0.39 is 23.5 Å². The average molecular weight is 452 g/mol. The largest absolute Gasteiger partial charge is 0.507 e. The van der Waals surface area contributed by atoms with E-state index in [1.54, 1.807) is 54.6 Å². The number of halogens is 2. The molecule has 1 atom stereocenters. The maximum absolute atomic E-state index is 13.4. The van der Waals surface area contributed by atoms with Gasteiger partial charge in [0.05, 0.1) is 11.6 Å². The van der Waals surface area contributed by atoms with Crippen LogP contribution in [0.25, 0.3) is 5.76 Å². The second kappa shape index (κ2) is 7.64. The summed E-state index contributed by atoms with van der Waals surface area (Å²) in [5.41, 5.74) is 1.45. The summed E-state index contributed by atoms with van der Waals surface area (Å²) >= 11 is 3.38. The SMILES string of the molecule is O=C1C(=O)N(c2ccc(F)cc2)[C@H](c2ccc(Br)cc2)/C1=C(\O)c1ccccc1. The molecule has 3 aromatic carbocycles. The van der Waals surface area contributed by atoms with Crippen LogP contribution in [0.3, 0.4) is 0 Å². The van der Waals surface area contributed by atoms with Gasteiger partial charge in [0.1, 0.15) is 11.6 Å². The van der Waals surface area contributed by atoms with Crippen molar-refractivity contribution in [3.05, 3.63) is 106 Å². The second-order valence-electron chi connectivity index (χ2n) is 6.56. The molecular weight excluding hydrogens is 437 g/mol. The van der Waals surface area contributed by atoms with Gasteiger partial charge in [-0.3, -0.25) is 14.5 Å². The maximum atomic E-state index is 13.4. The van der Waals surface area contributed by atoms with Crippen molar-refractivity contribution in [3.8, 4) is 0 Å². The standard InChI is InChI=1S/C23H15BrFNO3/c24-16-8-6-14(7-9-16)20-19(21(27)15-4-2-1-3-5-15)22(28)23(29)26(20)18-12-10-17(25)11-13-18/h1-13,20,27H/b21-19+/t20-/m1/s1. The van der Waals surface area contributed by atoms with Crippen LogP contribution in [0.4, 0.5) is 10.1 Å². The normalized spacial score (nSPS) is 18.3. The van der Waals surface area contributed by atoms with Gasteiger partial charge >= 0.3 is 0 Å². The van der Waals surface area contributed by atoms with Gasteiger partial charge in [0.15, 0.2) is 0 Å². The Morgan fingerprint density at radius 2 is 1.52 bits per heavy atom. The van der Waals surface area contributed by atoms with Crippen LogP contribution < -0.4 is 4.90 Å². The Balaban J connectivity index is 1.94. The highest BCUT2D eigenvalue weighted by Gasteiger charge is 2.46. The fourth-order valence-electron chi connectivity index (χ4n) is 3.41. The lowest BCUT2D eigenvalue weighted by molar-refractivity contribution is -0.132. The molecule has 1 amide bonds. The molecule has 0 radical (unpaired) electrons. The predicted molar refractivity (Wildman–Crippen MR) is 112 cm³/mol. The van der Waals surface area contributed by atoms with E-state index >= 15 is 0 Å². The molecule has 6 heteroatoms. The van der Waals surface area contributed by atoms with Gasteiger partial charge in [-0.25, -0.2) is 4.39 Å². The zero-order chi connectivity index (χ0) is 20.5. The minimum absolute atomic E-state index is 0.00662. The number of nitrogens with zero attached hydrogens (tertiary/aromatic N) is 1. The topological polar surface area (TPSA) is 57.6 Å². The highest BCUT2D eigenvalue weighted by atomic mass is 79.9. The minimum Gasteiger partial charge on any atom is -0.507 e. The van der Waals surface area contributed by atoms with Crippen molar-refractivity contribution in [2.24, 2.45) is 0 Å². The summed E-state index contributed by atoms with van der Waals surface area (Å²) in [6.45, 7) is 0. The van der Waals surface area contributed by atoms with Gasteiger partial charge in [0, 0.05) is 15.7 Å². The summed E-state index contributed by atoms with van der Waals surface area (Å²) in [5, 5.41) is 10.9. The van der Waals surface area contributed by atoms with Crippen LogP contribution in [0.1, 0.15) is 17.2 Å². The van der Waals surface area contributed by atoms with Crippen LogP contribution in [-0.4, -0.2) is 16.8 Å². The molecule has 1 aliphatic heterocycles. The number of benzene rings is 3. The molecule has 1 fully saturated rings. The van der Waals surface area contributed by atoms with Crippen LogP contribution in [0, 0.1) is 5.82 Å². The van der Waals surface area contributed by atoms with E-state index in [4.69, 9.17) is 0 Å². The van der Waals surface area contributed by atoms with Crippen molar-refractivity contribution < 1.29 is 19.1 Å². The van der Waals surface area contributed by atoms with Crippen molar-refractivity contribution in [2.45, 2.75) is 6.04 Å². The summed E-state index contributed by atoms with van der Waals surface area (Å²) in [6, 6.07) is 20.2. The number of Topliss-reactive ketones (excluding diaryl/α,β-unsaturated/α-hetero) is 1. The molecule has 0 spiro atoms. The molecule has 0 aliphatic carbocycles. The summed E-state index contributed by atoms with van der Waals surface area (Å²) < 4.78 is 14.2. The third kappa shape index (κ3) is 3.47. The van der Waals surface area contributed by atoms with E-state index in [9.17, 15) is 19.1 Å². The smallest absolute Gasteiger partial charge is 0.300 e. The summed E-state index contributed by atoms with van der Waals surface area (Å²) in [5.74, 6) is -2.26. The van der Waals surface area contributed by atoms with Crippen LogP contribution in [0.2, 0.25) is 0 Å². The molecule has 1 N–H and O–H groups in total. The summed E-state index contributed by atoms with van der Waals surface area (Å²) in [4.78, 5) is 27.1. The zero-order valence-corrected chi connectivity index (χ0v) is 16.6. The van der Waals surface area contributed by atoms with Gasteiger partial charge in [0.2, 0.25) is 0 Å². The second-order valence-corrected chi connectivity index (χ2v) is 7.48. The molecule has 4 rings (SSSR count). The van der Waals surface area contributed by atoms with Crippen LogP contribution in [0.5, 0.6) is 0 Å². The van der Waals surface area contributed by atoms with Crippen molar-refractivity contribution in [3.63, 3.8) is 0 Å². The Labute approximate surface area is 175 Å². The maximum Gasteiger partial charge on any atom is 0.300 e. The highest BCUT2D eigenvalue weighted by Crippen LogP contribution is 2.42. The van der Waals surface area contributed by atoms with Gasteiger partial charge in [-0.05, 0) is 42.0 Å². The Hall–Kier alpha value is -3.25. The monoisotopic (exact) mass is 451 g/mol. The zero-order valence-electron chi connectivity index (χ0n) is 15.0. The molecule has 1 aliphatic rings. The number of hydrogen-bond acceptors (Lipinski definition) is 3. The summed E-state index contributed by atoms with van der Waals surface area (Å²) in [6.07, 6.45) is 0. The van der Waals surface area contributed by atoms with Crippen molar-refractivity contribution in [1.82, 2.24) is 0 Å². The van der Waals surface area contributed by atoms with Gasteiger partial charge in [-0.1, -0.05) is 58.4 Å². The number of carbonyl (C=O) groups excluding carboxylic acids is 2. The number of carbonyl (C=O) groups is 2. The third-order valence-electron chi connectivity index (χ3n) is 4.78. The molecule has 144 valence electrons. The lowest BCUT2D eigenvalue weighted by Gasteiger charge is -2.25. The van der Waals surface area contributed by atoms with Crippen LogP contribution in [-0.2, 0) is 9.59 Å². The fraction of sp³-hybridized carbons (Fsp3) is 0.0435. The number of amides is 1. The first-order chi connectivity index (χ1) is 14.0. The number of rotatable bonds is 3. The number of ketones is 1. The first-order valence-electron chi connectivity index (χ1n) is 8.85. The lowest BCUT2D eigenvalue weighted by Crippen LogP contribution is -2.29. The van der Waals surface area contributed by atoms with Gasteiger partial charge in [0.25, 0.3) is 11.7 Å². The van der Waals surface area contributed by atoms with E-state index in [0.29, 0.717) is 16.8 Å². The molecule has 3 aromatic rings. The third-order valence-corrected chi connectivity index (χ3v) is 5.31. The minimum atomic E-state index is -0.839. The molecule has 1 saturated heterocycles. The molecule has 0 saturated carbocycles. The Morgan fingerprint density at radius 3 is 2.14 bits per heavy atom. The highest BCUT2D eigenvalue weighted by molar-refractivity contribution is 9.10. The van der Waals surface area contributed by atoms with Crippen LogP contribution >= 0.6 is 15.9 Å². The van der Waals surface area contributed by atoms with E-state index in [2.05, 4.69) is 15.9 Å². The number of aliphatic hydroxyl groups is 1. The van der Waals surface area contributed by atoms with E-state index in [-0.39, 0.29) is 11.3 Å². The Morgan fingerprint density at radius 1 is 0.897 bits per heavy atom. The first kappa shape index (κ1) is 19.1. The molecule has 0 unspecified atom stereocenters. The van der Waals surface area contributed by atoms with Crippen LogP contribution in [0.15, 0.2) is 88.9 Å².